The Morgan fingerprint density at radius 3 is 2.11 bits per heavy atom. The molecule has 0 aliphatic rings. The van der Waals surface area contributed by atoms with E-state index in [2.05, 4.69) is 35.7 Å². The van der Waals surface area contributed by atoms with E-state index >= 15 is 0 Å². The van der Waals surface area contributed by atoms with Gasteiger partial charge in [0.25, 0.3) is 0 Å². The molecule has 0 aliphatic carbocycles. The lowest BCUT2D eigenvalue weighted by Crippen LogP contribution is -2.10. The van der Waals surface area contributed by atoms with Crippen LogP contribution in [0.25, 0.3) is 0 Å². The molecule has 0 unspecified atom stereocenters. The average Bonchev–Trinajstić information content (AvgIpc) is 2.69. The highest BCUT2D eigenvalue weighted by Gasteiger charge is 1.94. The molecule has 0 aromatic heterocycles. The summed E-state index contributed by atoms with van der Waals surface area (Å²) in [4.78, 5) is 6.05. The van der Waals surface area contributed by atoms with Crippen LogP contribution in [0.1, 0.15) is 31.9 Å². The van der Waals surface area contributed by atoms with Crippen molar-refractivity contribution in [3.05, 3.63) is 85.5 Å². The van der Waals surface area contributed by atoms with Gasteiger partial charge in [0.15, 0.2) is 0 Å². The first-order chi connectivity index (χ1) is 13.4. The van der Waals surface area contributed by atoms with Crippen LogP contribution in [0.3, 0.4) is 0 Å². The number of nitriles is 1. The largest absolute Gasteiger partial charge is 0.306 e. The van der Waals surface area contributed by atoms with E-state index in [1.165, 1.54) is 5.56 Å². The van der Waals surface area contributed by atoms with E-state index in [-0.39, 0.29) is 0 Å². The second-order valence-electron chi connectivity index (χ2n) is 5.50. The maximum absolute atomic E-state index is 8.55. The second-order valence-corrected chi connectivity index (χ2v) is 5.50. The molecule has 0 saturated heterocycles. The van der Waals surface area contributed by atoms with Gasteiger partial charge in [0.2, 0.25) is 0 Å². The summed E-state index contributed by atoms with van der Waals surface area (Å²) in [6, 6.07) is 9.76. The summed E-state index contributed by atoms with van der Waals surface area (Å²) in [6.45, 7) is 17.0. The van der Waals surface area contributed by atoms with Crippen molar-refractivity contribution in [3.8, 4) is 6.07 Å². The molecule has 4 heteroatoms. The number of allylic oxidation sites excluding steroid dienone is 5. The van der Waals surface area contributed by atoms with Crippen LogP contribution in [-0.4, -0.2) is 37.5 Å². The molecule has 0 radical (unpaired) electrons. The van der Waals surface area contributed by atoms with Gasteiger partial charge in [0.05, 0.1) is 11.6 Å². The van der Waals surface area contributed by atoms with Crippen LogP contribution < -0.4 is 0 Å². The summed E-state index contributed by atoms with van der Waals surface area (Å²) in [5.74, 6) is 0. The van der Waals surface area contributed by atoms with E-state index in [1.54, 1.807) is 31.4 Å². The predicted molar refractivity (Wildman–Crippen MR) is 126 cm³/mol. The van der Waals surface area contributed by atoms with E-state index in [9.17, 15) is 0 Å². The molecule has 28 heavy (non-hydrogen) atoms. The molecule has 0 fully saturated rings. The Morgan fingerprint density at radius 2 is 1.79 bits per heavy atom. The molecule has 0 bridgehead atoms. The third-order valence-corrected chi connectivity index (χ3v) is 2.63. The number of rotatable bonds is 6. The molecule has 0 saturated carbocycles. The van der Waals surface area contributed by atoms with E-state index in [0.717, 1.165) is 18.7 Å². The molecule has 0 atom stereocenters. The molecule has 1 N–H and O–H groups in total. The minimum absolute atomic E-state index is 0.555. The molecule has 1 aromatic rings. The highest BCUT2D eigenvalue weighted by atomic mass is 15.0. The fourth-order valence-electron chi connectivity index (χ4n) is 1.51. The Bertz CT molecular complexity index is 630. The van der Waals surface area contributed by atoms with Gasteiger partial charge < -0.3 is 10.3 Å². The zero-order chi connectivity index (χ0) is 22.2. The highest BCUT2D eigenvalue weighted by molar-refractivity contribution is 5.90. The topological polar surface area (TPSA) is 63.2 Å². The zero-order valence-electron chi connectivity index (χ0n) is 18.2. The van der Waals surface area contributed by atoms with Gasteiger partial charge >= 0.3 is 0 Å². The number of hydrogen-bond acceptors (Lipinski definition) is 4. The molecule has 4 nitrogen and oxygen atoms in total. The van der Waals surface area contributed by atoms with Gasteiger partial charge in [-0.3, -0.25) is 4.99 Å². The Kier molecular flexibility index (Phi) is 25.4. The normalized spacial score (nSPS) is 9.61. The van der Waals surface area contributed by atoms with Gasteiger partial charge in [-0.15, -0.1) is 13.2 Å². The lowest BCUT2D eigenvalue weighted by Gasteiger charge is -2.08. The van der Waals surface area contributed by atoms with Crippen LogP contribution in [0.2, 0.25) is 0 Å². The third-order valence-electron chi connectivity index (χ3n) is 2.63. The fourth-order valence-corrected chi connectivity index (χ4v) is 1.51. The molecule has 152 valence electrons. The number of aliphatic imine (C=N–C) groups is 1. The van der Waals surface area contributed by atoms with Crippen LogP contribution >= 0.6 is 0 Å². The molecular formula is C24H36N4. The van der Waals surface area contributed by atoms with E-state index in [0.29, 0.717) is 5.71 Å². The van der Waals surface area contributed by atoms with Gasteiger partial charge in [0, 0.05) is 25.0 Å². The van der Waals surface area contributed by atoms with Crippen molar-refractivity contribution in [2.24, 2.45) is 4.99 Å². The van der Waals surface area contributed by atoms with Crippen LogP contribution in [0.5, 0.6) is 0 Å². The summed E-state index contributed by atoms with van der Waals surface area (Å²) in [6.07, 6.45) is 10.8. The summed E-state index contributed by atoms with van der Waals surface area (Å²) < 4.78 is 0. The predicted octanol–water partition coefficient (Wildman–Crippen LogP) is 5.84. The molecule has 0 amide bonds. The Morgan fingerprint density at radius 1 is 1.21 bits per heavy atom. The maximum Gasteiger partial charge on any atom is 0.0991 e. The number of nitrogens with one attached hydrogen (secondary N) is 1. The molecule has 0 heterocycles. The molecule has 0 spiro atoms. The number of nitrogens with zero attached hydrogens (tertiary/aromatic N) is 3. The van der Waals surface area contributed by atoms with Crippen molar-refractivity contribution in [3.63, 3.8) is 0 Å². The smallest absolute Gasteiger partial charge is 0.0991 e. The fraction of sp³-hybridized carbons (Fsp3) is 0.292. The quantitative estimate of drug-likeness (QED) is 0.382. The average molecular weight is 381 g/mol. The second kappa shape index (κ2) is 24.0. The van der Waals surface area contributed by atoms with Crippen molar-refractivity contribution in [2.45, 2.75) is 27.3 Å². The third kappa shape index (κ3) is 25.2. The van der Waals surface area contributed by atoms with Gasteiger partial charge in [-0.2, -0.15) is 5.26 Å². The van der Waals surface area contributed by atoms with Crippen LogP contribution in [0, 0.1) is 16.7 Å². The van der Waals surface area contributed by atoms with E-state index in [1.807, 2.05) is 64.4 Å². The highest BCUT2D eigenvalue weighted by Crippen LogP contribution is 2.04. The lowest BCUT2D eigenvalue weighted by molar-refractivity contribution is 0.402. The summed E-state index contributed by atoms with van der Waals surface area (Å²) >= 11 is 0. The summed E-state index contributed by atoms with van der Waals surface area (Å²) in [5.41, 5.74) is 2.51. The molecule has 1 aromatic carbocycles. The maximum atomic E-state index is 8.55. The minimum Gasteiger partial charge on any atom is -0.306 e. The Hall–Kier alpha value is -3.03. The molecule has 0 aliphatic heterocycles. The van der Waals surface area contributed by atoms with Crippen molar-refractivity contribution in [1.29, 1.82) is 10.7 Å². The monoisotopic (exact) mass is 380 g/mol. The van der Waals surface area contributed by atoms with Gasteiger partial charge in [-0.25, -0.2) is 0 Å². The minimum atomic E-state index is 0.555. The van der Waals surface area contributed by atoms with Crippen molar-refractivity contribution >= 4 is 11.9 Å². The standard InChI is InChI=1S/C10H12N2.C6H9N.C6H11N.C2H4/c1-12(2)8-10-5-3-9(7-11)4-6-10;1-3-4-5-6(2)7;1-3-5-6-7-4-2;1-2/h3-6H,8H2,1-2H3;3-5,7H,1H2,2H3;3,5-6H,4H2,1-2H3;1-2H2/b;5-4-,7-6?;5-3-,7-6?;. The Labute approximate surface area is 172 Å². The van der Waals surface area contributed by atoms with E-state index < -0.39 is 0 Å². The van der Waals surface area contributed by atoms with Crippen molar-refractivity contribution < 1.29 is 0 Å². The number of hydrogen-bond donors (Lipinski definition) is 1. The van der Waals surface area contributed by atoms with Gasteiger partial charge in [-0.05, 0) is 64.7 Å². The van der Waals surface area contributed by atoms with E-state index in [4.69, 9.17) is 10.7 Å². The molecule has 1 rings (SSSR count). The SMILES string of the molecule is C/C=C\C=NCC.C=C.C=C/C=C\C(C)=N.CN(C)Cc1ccc(C#N)cc1. The lowest BCUT2D eigenvalue weighted by atomic mass is 10.1. The first-order valence-corrected chi connectivity index (χ1v) is 9.00. The molecular weight excluding hydrogens is 344 g/mol. The van der Waals surface area contributed by atoms with Gasteiger partial charge in [0.1, 0.15) is 0 Å². The zero-order valence-corrected chi connectivity index (χ0v) is 18.2. The van der Waals surface area contributed by atoms with Crippen LogP contribution in [0.15, 0.2) is 79.4 Å². The van der Waals surface area contributed by atoms with Crippen molar-refractivity contribution in [1.82, 2.24) is 4.90 Å². The number of benzene rings is 1. The first kappa shape index (κ1) is 29.7. The Balaban J connectivity index is -0.000000340. The summed E-state index contributed by atoms with van der Waals surface area (Å²) in [5, 5.41) is 15.4. The van der Waals surface area contributed by atoms with Crippen molar-refractivity contribution in [2.75, 3.05) is 20.6 Å². The van der Waals surface area contributed by atoms with Crippen LogP contribution in [0.4, 0.5) is 0 Å². The van der Waals surface area contributed by atoms with Crippen LogP contribution in [-0.2, 0) is 6.54 Å². The summed E-state index contributed by atoms with van der Waals surface area (Å²) in [7, 11) is 4.05. The van der Waals surface area contributed by atoms with Gasteiger partial charge in [-0.1, -0.05) is 36.9 Å². The first-order valence-electron chi connectivity index (χ1n) is 9.00.